The number of likely N-dealkylation sites (tertiary alicyclic amines) is 1. The first-order valence-corrected chi connectivity index (χ1v) is 6.78. The van der Waals surface area contributed by atoms with Crippen molar-refractivity contribution in [3.05, 3.63) is 12.2 Å². The van der Waals surface area contributed by atoms with Crippen LogP contribution in [0.2, 0.25) is 0 Å². The Morgan fingerprint density at radius 3 is 2.44 bits per heavy atom. The average Bonchev–Trinajstić information content (AvgIpc) is 3.03. The second kappa shape index (κ2) is 5.33. The van der Waals surface area contributed by atoms with Gasteiger partial charge in [-0.3, -0.25) is 4.90 Å². The first kappa shape index (κ1) is 12.1. The van der Waals surface area contributed by atoms with E-state index in [0.29, 0.717) is 0 Å². The topological polar surface area (TPSA) is 15.3 Å². The lowest BCUT2D eigenvalue weighted by Crippen LogP contribution is -2.46. The van der Waals surface area contributed by atoms with Crippen molar-refractivity contribution >= 4 is 0 Å². The molecule has 1 saturated carbocycles. The highest BCUT2D eigenvalue weighted by Crippen LogP contribution is 2.32. The Bertz CT molecular complexity index is 237. The summed E-state index contributed by atoms with van der Waals surface area (Å²) in [5.41, 5.74) is 1.29. The summed E-state index contributed by atoms with van der Waals surface area (Å²) in [5, 5.41) is 3.81. The number of nitrogens with one attached hydrogen (secondary N) is 1. The van der Waals surface area contributed by atoms with Gasteiger partial charge < -0.3 is 5.32 Å². The Morgan fingerprint density at radius 1 is 1.31 bits per heavy atom. The second-order valence-corrected chi connectivity index (χ2v) is 5.80. The average molecular weight is 222 g/mol. The predicted octanol–water partition coefficient (Wildman–Crippen LogP) is 2.42. The van der Waals surface area contributed by atoms with E-state index in [0.717, 1.165) is 24.5 Å². The fourth-order valence-corrected chi connectivity index (χ4v) is 2.74. The maximum atomic E-state index is 3.99. The Kier molecular flexibility index (Phi) is 4.04. The summed E-state index contributed by atoms with van der Waals surface area (Å²) >= 11 is 0. The minimum absolute atomic E-state index is 0.748. The molecule has 1 aliphatic carbocycles. The summed E-state index contributed by atoms with van der Waals surface area (Å²) in [6.07, 6.45) is 5.51. The number of piperidine rings is 1. The highest BCUT2D eigenvalue weighted by atomic mass is 15.1. The zero-order valence-electron chi connectivity index (χ0n) is 10.8. The molecule has 1 unspecified atom stereocenters. The van der Waals surface area contributed by atoms with Gasteiger partial charge in [-0.05, 0) is 58.5 Å². The molecule has 2 heteroatoms. The van der Waals surface area contributed by atoms with Gasteiger partial charge in [-0.15, -0.1) is 0 Å². The van der Waals surface area contributed by atoms with Crippen LogP contribution in [0.15, 0.2) is 12.2 Å². The van der Waals surface area contributed by atoms with Crippen molar-refractivity contribution in [2.75, 3.05) is 19.6 Å². The van der Waals surface area contributed by atoms with Crippen molar-refractivity contribution in [3.63, 3.8) is 0 Å². The molecule has 0 aromatic rings. The van der Waals surface area contributed by atoms with Crippen molar-refractivity contribution in [1.82, 2.24) is 10.2 Å². The minimum Gasteiger partial charge on any atom is -0.311 e. The molecule has 2 aliphatic rings. The maximum absolute atomic E-state index is 3.99. The summed E-state index contributed by atoms with van der Waals surface area (Å²) in [5.74, 6) is 0.980. The molecule has 0 radical (unpaired) electrons. The van der Waals surface area contributed by atoms with Crippen LogP contribution in [0.3, 0.4) is 0 Å². The quantitative estimate of drug-likeness (QED) is 0.719. The third-order valence-electron chi connectivity index (χ3n) is 3.91. The molecule has 16 heavy (non-hydrogen) atoms. The van der Waals surface area contributed by atoms with Gasteiger partial charge in [-0.2, -0.15) is 0 Å². The molecule has 1 heterocycles. The molecule has 0 aromatic carbocycles. The molecule has 92 valence electrons. The Morgan fingerprint density at radius 2 is 1.94 bits per heavy atom. The van der Waals surface area contributed by atoms with E-state index in [4.69, 9.17) is 0 Å². The molecule has 1 aliphatic heterocycles. The zero-order valence-corrected chi connectivity index (χ0v) is 10.8. The Hall–Kier alpha value is -0.340. The fraction of sp³-hybridized carbons (Fsp3) is 0.857. The van der Waals surface area contributed by atoms with Crippen LogP contribution in [0.25, 0.3) is 0 Å². The van der Waals surface area contributed by atoms with Crippen LogP contribution < -0.4 is 5.32 Å². The lowest BCUT2D eigenvalue weighted by atomic mass is 10.0. The van der Waals surface area contributed by atoms with Gasteiger partial charge in [0.05, 0.1) is 0 Å². The van der Waals surface area contributed by atoms with Gasteiger partial charge >= 0.3 is 0 Å². The number of nitrogens with zero attached hydrogens (tertiary/aromatic N) is 1. The first-order chi connectivity index (χ1) is 7.65. The van der Waals surface area contributed by atoms with E-state index < -0.39 is 0 Å². The van der Waals surface area contributed by atoms with Crippen LogP contribution in [-0.2, 0) is 0 Å². The maximum Gasteiger partial charge on any atom is 0.0187 e. The standard InChI is InChI=1S/C14H26N2/c1-11(2)10-16-8-6-14(7-9-16)15-12(3)13-4-5-13/h12-15H,1,4-10H2,2-3H3. The van der Waals surface area contributed by atoms with Crippen LogP contribution in [0.1, 0.15) is 39.5 Å². The summed E-state index contributed by atoms with van der Waals surface area (Å²) in [6, 6.07) is 1.51. The zero-order chi connectivity index (χ0) is 11.5. The van der Waals surface area contributed by atoms with Crippen LogP contribution in [0.5, 0.6) is 0 Å². The van der Waals surface area contributed by atoms with Gasteiger partial charge in [0.15, 0.2) is 0 Å². The van der Waals surface area contributed by atoms with Gasteiger partial charge in [0.2, 0.25) is 0 Å². The molecule has 0 aromatic heterocycles. The number of hydrogen-bond donors (Lipinski definition) is 1. The smallest absolute Gasteiger partial charge is 0.0187 e. The Balaban J connectivity index is 1.66. The summed E-state index contributed by atoms with van der Waals surface area (Å²) in [4.78, 5) is 2.53. The van der Waals surface area contributed by atoms with E-state index in [1.54, 1.807) is 0 Å². The van der Waals surface area contributed by atoms with Crippen LogP contribution in [0, 0.1) is 5.92 Å². The molecular formula is C14H26N2. The molecule has 1 atom stereocenters. The van der Waals surface area contributed by atoms with E-state index in [-0.39, 0.29) is 0 Å². The van der Waals surface area contributed by atoms with Crippen molar-refractivity contribution in [1.29, 1.82) is 0 Å². The molecule has 1 N–H and O–H groups in total. The van der Waals surface area contributed by atoms with Gasteiger partial charge in [-0.25, -0.2) is 0 Å². The monoisotopic (exact) mass is 222 g/mol. The molecule has 1 saturated heterocycles. The summed E-state index contributed by atoms with van der Waals surface area (Å²) in [6.45, 7) is 12.0. The van der Waals surface area contributed by atoms with E-state index in [1.165, 1.54) is 44.3 Å². The van der Waals surface area contributed by atoms with Gasteiger partial charge in [-0.1, -0.05) is 12.2 Å². The predicted molar refractivity (Wildman–Crippen MR) is 69.6 cm³/mol. The fourth-order valence-electron chi connectivity index (χ4n) is 2.74. The van der Waals surface area contributed by atoms with Crippen molar-refractivity contribution in [2.24, 2.45) is 5.92 Å². The largest absolute Gasteiger partial charge is 0.311 e. The minimum atomic E-state index is 0.748. The molecular weight excluding hydrogens is 196 g/mol. The molecule has 2 rings (SSSR count). The van der Waals surface area contributed by atoms with E-state index in [2.05, 4.69) is 30.6 Å². The third kappa shape index (κ3) is 3.60. The summed E-state index contributed by atoms with van der Waals surface area (Å²) in [7, 11) is 0. The van der Waals surface area contributed by atoms with Gasteiger partial charge in [0.25, 0.3) is 0 Å². The van der Waals surface area contributed by atoms with Gasteiger partial charge in [0.1, 0.15) is 0 Å². The molecule has 2 fully saturated rings. The molecule has 0 bridgehead atoms. The van der Waals surface area contributed by atoms with Crippen LogP contribution in [-0.4, -0.2) is 36.6 Å². The number of rotatable bonds is 5. The highest BCUT2D eigenvalue weighted by molar-refractivity contribution is 4.94. The SMILES string of the molecule is C=C(C)CN1CCC(NC(C)C2CC2)CC1. The highest BCUT2D eigenvalue weighted by Gasteiger charge is 2.30. The summed E-state index contributed by atoms with van der Waals surface area (Å²) < 4.78 is 0. The molecule has 0 spiro atoms. The van der Waals surface area contributed by atoms with Crippen molar-refractivity contribution in [2.45, 2.75) is 51.6 Å². The van der Waals surface area contributed by atoms with E-state index in [1.807, 2.05) is 0 Å². The third-order valence-corrected chi connectivity index (χ3v) is 3.91. The van der Waals surface area contributed by atoms with Crippen molar-refractivity contribution in [3.8, 4) is 0 Å². The van der Waals surface area contributed by atoms with Gasteiger partial charge in [0, 0.05) is 18.6 Å². The Labute approximate surface area is 100 Å². The number of hydrogen-bond acceptors (Lipinski definition) is 2. The van der Waals surface area contributed by atoms with Crippen LogP contribution >= 0.6 is 0 Å². The lowest BCUT2D eigenvalue weighted by molar-refractivity contribution is 0.202. The van der Waals surface area contributed by atoms with E-state index >= 15 is 0 Å². The first-order valence-electron chi connectivity index (χ1n) is 6.78. The normalized spacial score (nSPS) is 25.6. The van der Waals surface area contributed by atoms with Crippen LogP contribution in [0.4, 0.5) is 0 Å². The lowest BCUT2D eigenvalue weighted by Gasteiger charge is -2.34. The second-order valence-electron chi connectivity index (χ2n) is 5.80. The molecule has 2 nitrogen and oxygen atoms in total. The van der Waals surface area contributed by atoms with Crippen molar-refractivity contribution < 1.29 is 0 Å². The molecule has 0 amide bonds. The van der Waals surface area contributed by atoms with E-state index in [9.17, 15) is 0 Å².